The molecule has 1 aromatic heterocycles. The molecule has 0 saturated heterocycles. The third-order valence-electron chi connectivity index (χ3n) is 3.49. The fraction of sp³-hybridized carbons (Fsp3) is 0.385. The van der Waals surface area contributed by atoms with Gasteiger partial charge in [0.05, 0.1) is 0 Å². The van der Waals surface area contributed by atoms with Gasteiger partial charge in [-0.25, -0.2) is 8.42 Å². The molecule has 0 N–H and O–H groups in total. The minimum absolute atomic E-state index is 0.218. The van der Waals surface area contributed by atoms with Crippen molar-refractivity contribution in [3.63, 3.8) is 0 Å². The van der Waals surface area contributed by atoms with Gasteiger partial charge in [-0.3, -0.25) is 0 Å². The molecule has 1 aromatic carbocycles. The first-order valence-corrected chi connectivity index (χ1v) is 8.39. The minimum atomic E-state index is -3.68. The number of aryl methyl sites for hydroxylation is 1. The van der Waals surface area contributed by atoms with Crippen molar-refractivity contribution in [3.05, 3.63) is 30.5 Å². The Hall–Kier alpha value is -1.00. The van der Waals surface area contributed by atoms with Crippen LogP contribution in [0, 0.1) is 5.92 Å². The van der Waals surface area contributed by atoms with E-state index >= 15 is 0 Å². The second kappa shape index (κ2) is 4.28. The molecule has 96 valence electrons. The van der Waals surface area contributed by atoms with E-state index in [0.29, 0.717) is 5.39 Å². The van der Waals surface area contributed by atoms with E-state index in [2.05, 4.69) is 0 Å². The van der Waals surface area contributed by atoms with Crippen LogP contribution in [0.4, 0.5) is 0 Å². The van der Waals surface area contributed by atoms with Gasteiger partial charge in [0.2, 0.25) is 0 Å². The Morgan fingerprint density at radius 1 is 1.28 bits per heavy atom. The van der Waals surface area contributed by atoms with Gasteiger partial charge in [-0.2, -0.15) is 0 Å². The maximum absolute atomic E-state index is 11.6. The molecule has 1 saturated carbocycles. The number of hydrogen-bond acceptors (Lipinski definition) is 2. The van der Waals surface area contributed by atoms with Crippen molar-refractivity contribution in [2.45, 2.75) is 30.7 Å². The highest BCUT2D eigenvalue weighted by atomic mass is 35.7. The highest BCUT2D eigenvalue weighted by Gasteiger charge is 2.22. The third kappa shape index (κ3) is 2.27. The van der Waals surface area contributed by atoms with Crippen LogP contribution in [0.1, 0.15) is 19.3 Å². The lowest BCUT2D eigenvalue weighted by Gasteiger charge is -2.03. The maximum atomic E-state index is 11.6. The van der Waals surface area contributed by atoms with Crippen molar-refractivity contribution in [1.82, 2.24) is 4.57 Å². The van der Waals surface area contributed by atoms with Crippen LogP contribution in [0.25, 0.3) is 10.9 Å². The molecule has 1 fully saturated rings. The normalized spacial score (nSPS) is 16.3. The molecule has 2 aromatic rings. The number of para-hydroxylation sites is 1. The van der Waals surface area contributed by atoms with E-state index < -0.39 is 9.05 Å². The van der Waals surface area contributed by atoms with E-state index in [1.165, 1.54) is 12.8 Å². The monoisotopic (exact) mass is 283 g/mol. The SMILES string of the molecule is O=S(=O)(Cl)c1cn(CCC2CC2)c2ccccc12. The summed E-state index contributed by atoms with van der Waals surface area (Å²) in [5.74, 6) is 0.822. The zero-order valence-electron chi connectivity index (χ0n) is 9.84. The molecular weight excluding hydrogens is 270 g/mol. The Morgan fingerprint density at radius 2 is 2.00 bits per heavy atom. The molecule has 0 spiro atoms. The predicted octanol–water partition coefficient (Wildman–Crippen LogP) is 3.37. The lowest BCUT2D eigenvalue weighted by molar-refractivity contribution is 0.601. The molecule has 18 heavy (non-hydrogen) atoms. The van der Waals surface area contributed by atoms with Gasteiger partial charge in [0.1, 0.15) is 4.90 Å². The number of aromatic nitrogens is 1. The molecule has 1 aliphatic rings. The molecular formula is C13H14ClNO2S. The first kappa shape index (κ1) is 12.1. The van der Waals surface area contributed by atoms with Crippen molar-refractivity contribution in [1.29, 1.82) is 0 Å². The molecule has 0 unspecified atom stereocenters. The van der Waals surface area contributed by atoms with Gasteiger partial charge in [0.25, 0.3) is 9.05 Å². The molecule has 0 amide bonds. The number of fused-ring (bicyclic) bond motifs is 1. The fourth-order valence-electron chi connectivity index (χ4n) is 2.32. The highest BCUT2D eigenvalue weighted by Crippen LogP contribution is 2.34. The van der Waals surface area contributed by atoms with Gasteiger partial charge in [-0.05, 0) is 18.4 Å². The van der Waals surface area contributed by atoms with Crippen molar-refractivity contribution >= 4 is 30.6 Å². The summed E-state index contributed by atoms with van der Waals surface area (Å²) >= 11 is 0. The lowest BCUT2D eigenvalue weighted by atomic mass is 10.2. The Kier molecular flexibility index (Phi) is 2.87. The van der Waals surface area contributed by atoms with Gasteiger partial charge >= 0.3 is 0 Å². The third-order valence-corrected chi connectivity index (χ3v) is 4.84. The van der Waals surface area contributed by atoms with Gasteiger partial charge in [-0.15, -0.1) is 0 Å². The number of nitrogens with zero attached hydrogens (tertiary/aromatic N) is 1. The first-order valence-electron chi connectivity index (χ1n) is 6.08. The molecule has 3 nitrogen and oxygen atoms in total. The van der Waals surface area contributed by atoms with Crippen LogP contribution in [-0.4, -0.2) is 13.0 Å². The zero-order chi connectivity index (χ0) is 12.8. The largest absolute Gasteiger partial charge is 0.346 e. The Bertz CT molecular complexity index is 686. The van der Waals surface area contributed by atoms with Crippen LogP contribution in [0.15, 0.2) is 35.4 Å². The van der Waals surface area contributed by atoms with Crippen LogP contribution in [-0.2, 0) is 15.6 Å². The summed E-state index contributed by atoms with van der Waals surface area (Å²) in [6.45, 7) is 0.859. The van der Waals surface area contributed by atoms with E-state index in [9.17, 15) is 8.42 Å². The van der Waals surface area contributed by atoms with Crippen LogP contribution in [0.2, 0.25) is 0 Å². The summed E-state index contributed by atoms with van der Waals surface area (Å²) < 4.78 is 25.1. The van der Waals surface area contributed by atoms with E-state index in [1.807, 2.05) is 22.8 Å². The highest BCUT2D eigenvalue weighted by molar-refractivity contribution is 8.14. The Balaban J connectivity index is 2.07. The summed E-state index contributed by atoms with van der Waals surface area (Å²) in [6.07, 6.45) is 5.38. The molecule has 3 rings (SSSR count). The summed E-state index contributed by atoms with van der Waals surface area (Å²) in [6, 6.07) is 7.49. The fourth-order valence-corrected chi connectivity index (χ4v) is 3.38. The Labute approximate surface area is 111 Å². The number of benzene rings is 1. The van der Waals surface area contributed by atoms with E-state index in [0.717, 1.165) is 24.4 Å². The summed E-state index contributed by atoms with van der Waals surface area (Å²) in [5, 5.41) is 0.711. The molecule has 5 heteroatoms. The second-order valence-electron chi connectivity index (χ2n) is 4.87. The smallest absolute Gasteiger partial charge is 0.263 e. The maximum Gasteiger partial charge on any atom is 0.263 e. The van der Waals surface area contributed by atoms with E-state index in [1.54, 1.807) is 12.3 Å². The molecule has 0 atom stereocenters. The quantitative estimate of drug-likeness (QED) is 0.807. The summed E-state index contributed by atoms with van der Waals surface area (Å²) in [5.41, 5.74) is 0.942. The summed E-state index contributed by atoms with van der Waals surface area (Å²) in [4.78, 5) is 0.218. The molecule has 0 radical (unpaired) electrons. The van der Waals surface area contributed by atoms with E-state index in [4.69, 9.17) is 10.7 Å². The van der Waals surface area contributed by atoms with Gasteiger partial charge in [0, 0.05) is 34.3 Å². The van der Waals surface area contributed by atoms with Crippen LogP contribution in [0.3, 0.4) is 0 Å². The van der Waals surface area contributed by atoms with Crippen LogP contribution >= 0.6 is 10.7 Å². The molecule has 0 aliphatic heterocycles. The van der Waals surface area contributed by atoms with Gasteiger partial charge < -0.3 is 4.57 Å². The average Bonchev–Trinajstić information content (AvgIpc) is 3.06. The standard InChI is InChI=1S/C13H14ClNO2S/c14-18(16,17)13-9-15(8-7-10-5-6-10)12-4-2-1-3-11(12)13/h1-4,9-10H,5-8H2. The summed E-state index contributed by atoms with van der Waals surface area (Å²) in [7, 11) is 1.80. The topological polar surface area (TPSA) is 39.1 Å². The van der Waals surface area contributed by atoms with Crippen molar-refractivity contribution in [2.75, 3.05) is 0 Å². The number of hydrogen-bond donors (Lipinski definition) is 0. The Morgan fingerprint density at radius 3 is 2.67 bits per heavy atom. The predicted molar refractivity (Wildman–Crippen MR) is 72.3 cm³/mol. The number of rotatable bonds is 4. The van der Waals surface area contributed by atoms with Crippen molar-refractivity contribution in [2.24, 2.45) is 5.92 Å². The van der Waals surface area contributed by atoms with Crippen molar-refractivity contribution < 1.29 is 8.42 Å². The lowest BCUT2D eigenvalue weighted by Crippen LogP contribution is -1.97. The van der Waals surface area contributed by atoms with Crippen molar-refractivity contribution in [3.8, 4) is 0 Å². The number of halogens is 1. The van der Waals surface area contributed by atoms with Gasteiger partial charge in [-0.1, -0.05) is 31.0 Å². The molecule has 1 heterocycles. The van der Waals surface area contributed by atoms with Crippen LogP contribution in [0.5, 0.6) is 0 Å². The van der Waals surface area contributed by atoms with Gasteiger partial charge in [0.15, 0.2) is 0 Å². The second-order valence-corrected chi connectivity index (χ2v) is 7.41. The van der Waals surface area contributed by atoms with E-state index in [-0.39, 0.29) is 4.90 Å². The zero-order valence-corrected chi connectivity index (χ0v) is 11.4. The first-order chi connectivity index (χ1) is 8.55. The average molecular weight is 284 g/mol. The van der Waals surface area contributed by atoms with Crippen LogP contribution < -0.4 is 0 Å². The molecule has 0 bridgehead atoms. The molecule has 1 aliphatic carbocycles. The minimum Gasteiger partial charge on any atom is -0.346 e.